The SMILES string of the molecule is CCCC1CCC(N(C2CCCCC2)C2CCC(/C=C/C3CCC4C(C3)C3CCCCC3N4CC)CC2)CC1. The fourth-order valence-electron chi connectivity index (χ4n) is 11.4. The third-order valence-corrected chi connectivity index (χ3v) is 13.2. The summed E-state index contributed by atoms with van der Waals surface area (Å²) < 4.78 is 0. The van der Waals surface area contributed by atoms with Gasteiger partial charge in [0, 0.05) is 30.2 Å². The predicted molar refractivity (Wildman–Crippen MR) is 167 cm³/mol. The highest BCUT2D eigenvalue weighted by molar-refractivity contribution is 5.07. The van der Waals surface area contributed by atoms with Crippen LogP contribution in [0.1, 0.15) is 155 Å². The van der Waals surface area contributed by atoms with Gasteiger partial charge in [0.1, 0.15) is 0 Å². The molecule has 6 fully saturated rings. The minimum Gasteiger partial charge on any atom is -0.297 e. The molecule has 1 heterocycles. The zero-order valence-electron chi connectivity index (χ0n) is 26.1. The lowest BCUT2D eigenvalue weighted by Gasteiger charge is -2.49. The van der Waals surface area contributed by atoms with Gasteiger partial charge in [-0.05, 0) is 132 Å². The van der Waals surface area contributed by atoms with Crippen molar-refractivity contribution in [3.63, 3.8) is 0 Å². The first-order valence-corrected chi connectivity index (χ1v) is 18.5. The van der Waals surface area contributed by atoms with Gasteiger partial charge in [0.2, 0.25) is 0 Å². The zero-order valence-corrected chi connectivity index (χ0v) is 26.1. The number of allylic oxidation sites excluding steroid dienone is 2. The van der Waals surface area contributed by atoms with Crippen molar-refractivity contribution in [3.05, 3.63) is 12.2 Å². The minimum absolute atomic E-state index is 0.866. The van der Waals surface area contributed by atoms with Gasteiger partial charge in [-0.2, -0.15) is 0 Å². The first kappa shape index (κ1) is 28.8. The highest BCUT2D eigenvalue weighted by atomic mass is 15.2. The second-order valence-electron chi connectivity index (χ2n) is 15.3. The topological polar surface area (TPSA) is 6.48 Å². The number of hydrogen-bond donors (Lipinski definition) is 0. The summed E-state index contributed by atoms with van der Waals surface area (Å²) in [4.78, 5) is 6.15. The highest BCUT2D eigenvalue weighted by Gasteiger charge is 2.50. The number of hydrogen-bond acceptors (Lipinski definition) is 2. The molecule has 0 N–H and O–H groups in total. The van der Waals surface area contributed by atoms with Crippen molar-refractivity contribution in [2.24, 2.45) is 29.6 Å². The van der Waals surface area contributed by atoms with Crippen molar-refractivity contribution in [3.8, 4) is 0 Å². The van der Waals surface area contributed by atoms with Crippen LogP contribution in [0.15, 0.2) is 12.2 Å². The van der Waals surface area contributed by atoms with E-state index in [9.17, 15) is 0 Å². The number of rotatable bonds is 8. The quantitative estimate of drug-likeness (QED) is 0.285. The van der Waals surface area contributed by atoms with Crippen molar-refractivity contribution >= 4 is 0 Å². The molecule has 6 rings (SSSR count). The van der Waals surface area contributed by atoms with Crippen LogP contribution in [0.5, 0.6) is 0 Å². The average Bonchev–Trinajstić information content (AvgIpc) is 3.31. The maximum atomic E-state index is 3.18. The van der Waals surface area contributed by atoms with Crippen LogP contribution in [0.2, 0.25) is 0 Å². The van der Waals surface area contributed by atoms with E-state index in [-0.39, 0.29) is 0 Å². The van der Waals surface area contributed by atoms with E-state index in [1.54, 1.807) is 0 Å². The molecule has 0 amide bonds. The molecule has 0 bridgehead atoms. The van der Waals surface area contributed by atoms with Crippen LogP contribution in [0.25, 0.3) is 0 Å². The van der Waals surface area contributed by atoms with Gasteiger partial charge < -0.3 is 0 Å². The van der Waals surface area contributed by atoms with E-state index in [1.807, 2.05) is 0 Å². The average molecular weight is 537 g/mol. The Morgan fingerprint density at radius 2 is 1.15 bits per heavy atom. The Hall–Kier alpha value is -0.340. The molecule has 6 aliphatic rings. The van der Waals surface area contributed by atoms with E-state index in [0.717, 1.165) is 59.8 Å². The molecule has 1 aliphatic heterocycles. The van der Waals surface area contributed by atoms with Crippen LogP contribution in [0.4, 0.5) is 0 Å². The van der Waals surface area contributed by atoms with Gasteiger partial charge in [0.05, 0.1) is 0 Å². The summed E-state index contributed by atoms with van der Waals surface area (Å²) >= 11 is 0. The van der Waals surface area contributed by atoms with E-state index in [1.165, 1.54) is 148 Å². The predicted octanol–water partition coefficient (Wildman–Crippen LogP) is 9.77. The normalized spacial score (nSPS) is 42.6. The molecular formula is C37H64N2. The number of fused-ring (bicyclic) bond motifs is 3. The lowest BCUT2D eigenvalue weighted by molar-refractivity contribution is 0.0114. The largest absolute Gasteiger partial charge is 0.297 e. The van der Waals surface area contributed by atoms with Gasteiger partial charge in [-0.1, -0.05) is 70.9 Å². The van der Waals surface area contributed by atoms with Gasteiger partial charge in [0.15, 0.2) is 0 Å². The van der Waals surface area contributed by atoms with Crippen LogP contribution in [-0.4, -0.2) is 46.6 Å². The molecule has 1 saturated heterocycles. The van der Waals surface area contributed by atoms with Gasteiger partial charge in [-0.25, -0.2) is 0 Å². The maximum Gasteiger partial charge on any atom is 0.0130 e. The van der Waals surface area contributed by atoms with Crippen molar-refractivity contribution in [2.45, 2.75) is 185 Å². The molecule has 5 saturated carbocycles. The summed E-state index contributed by atoms with van der Waals surface area (Å²) in [6.07, 6.45) is 38.2. The molecule has 2 heteroatoms. The lowest BCUT2D eigenvalue weighted by Crippen LogP contribution is -2.52. The Kier molecular flexibility index (Phi) is 10.1. The second kappa shape index (κ2) is 13.8. The van der Waals surface area contributed by atoms with Crippen molar-refractivity contribution < 1.29 is 0 Å². The van der Waals surface area contributed by atoms with Gasteiger partial charge in [-0.3, -0.25) is 9.80 Å². The van der Waals surface area contributed by atoms with E-state index in [4.69, 9.17) is 0 Å². The Balaban J connectivity index is 1.02. The molecule has 0 radical (unpaired) electrons. The molecule has 0 aromatic carbocycles. The third-order valence-electron chi connectivity index (χ3n) is 13.2. The van der Waals surface area contributed by atoms with Crippen LogP contribution >= 0.6 is 0 Å². The lowest BCUT2D eigenvalue weighted by atomic mass is 9.70. The monoisotopic (exact) mass is 537 g/mol. The Morgan fingerprint density at radius 1 is 0.564 bits per heavy atom. The van der Waals surface area contributed by atoms with Gasteiger partial charge >= 0.3 is 0 Å². The number of nitrogens with zero attached hydrogens (tertiary/aromatic N) is 2. The summed E-state index contributed by atoms with van der Waals surface area (Å²) in [5.74, 6) is 4.81. The van der Waals surface area contributed by atoms with Gasteiger partial charge in [0.25, 0.3) is 0 Å². The van der Waals surface area contributed by atoms with Crippen LogP contribution in [0, 0.1) is 29.6 Å². The van der Waals surface area contributed by atoms with Crippen LogP contribution in [-0.2, 0) is 0 Å². The van der Waals surface area contributed by atoms with Crippen molar-refractivity contribution in [1.82, 2.24) is 9.80 Å². The summed E-state index contributed by atoms with van der Waals surface area (Å²) in [6.45, 7) is 6.12. The summed E-state index contributed by atoms with van der Waals surface area (Å²) in [6, 6.07) is 4.57. The molecule has 0 aromatic heterocycles. The second-order valence-corrected chi connectivity index (χ2v) is 15.3. The summed E-state index contributed by atoms with van der Waals surface area (Å²) in [5.41, 5.74) is 0. The van der Waals surface area contributed by atoms with Crippen molar-refractivity contribution in [2.75, 3.05) is 6.54 Å². The molecular weight excluding hydrogens is 472 g/mol. The fraction of sp³-hybridized carbons (Fsp3) is 0.946. The Morgan fingerprint density at radius 3 is 1.87 bits per heavy atom. The maximum absolute atomic E-state index is 3.18. The Bertz CT molecular complexity index is 747. The van der Waals surface area contributed by atoms with E-state index >= 15 is 0 Å². The molecule has 2 nitrogen and oxygen atoms in total. The molecule has 5 aliphatic carbocycles. The molecule has 0 spiro atoms. The van der Waals surface area contributed by atoms with E-state index in [2.05, 4.69) is 35.8 Å². The van der Waals surface area contributed by atoms with Gasteiger partial charge in [-0.15, -0.1) is 0 Å². The molecule has 39 heavy (non-hydrogen) atoms. The zero-order chi connectivity index (χ0) is 26.6. The minimum atomic E-state index is 0.866. The van der Waals surface area contributed by atoms with E-state index in [0.29, 0.717) is 0 Å². The third kappa shape index (κ3) is 6.53. The molecule has 5 atom stereocenters. The highest BCUT2D eigenvalue weighted by Crippen LogP contribution is 2.50. The summed E-state index contributed by atoms with van der Waals surface area (Å²) in [7, 11) is 0. The molecule has 222 valence electrons. The molecule has 0 aromatic rings. The van der Waals surface area contributed by atoms with Crippen molar-refractivity contribution in [1.29, 1.82) is 0 Å². The summed E-state index contributed by atoms with van der Waals surface area (Å²) in [5, 5.41) is 0. The first-order chi connectivity index (χ1) is 19.2. The first-order valence-electron chi connectivity index (χ1n) is 18.5. The number of likely N-dealkylation sites (tertiary alicyclic amines) is 1. The van der Waals surface area contributed by atoms with E-state index < -0.39 is 0 Å². The fourth-order valence-corrected chi connectivity index (χ4v) is 11.4. The van der Waals surface area contributed by atoms with Crippen LogP contribution < -0.4 is 0 Å². The molecule has 5 unspecified atom stereocenters. The smallest absolute Gasteiger partial charge is 0.0130 e. The van der Waals surface area contributed by atoms with Crippen LogP contribution in [0.3, 0.4) is 0 Å². The Labute approximate surface area is 243 Å². The standard InChI is InChI=1S/C37H64N2/c1-3-10-28-17-22-32(23-18-28)39(31-11-6-5-7-12-31)33-24-19-29(20-25-33)15-16-30-21-26-37-35(27-30)34-13-8-9-14-36(34)38(37)4-2/h15-16,28-37H,3-14,17-27H2,1-2H3/b16-15+.